The molecule has 4 aliphatic rings. The van der Waals surface area contributed by atoms with E-state index in [1.54, 1.807) is 60.7 Å². The van der Waals surface area contributed by atoms with E-state index in [2.05, 4.69) is 0 Å². The Morgan fingerprint density at radius 1 is 0.738 bits per heavy atom. The van der Waals surface area contributed by atoms with Crippen LogP contribution in [0.4, 0.5) is 33.3 Å². The van der Waals surface area contributed by atoms with Crippen molar-refractivity contribution in [3.8, 4) is 23.0 Å². The molecule has 3 fully saturated rings. The SMILES string of the molecule is COc1ccc(OC)c(C=Cc2ccc(N3C(=O)C4CC=C5C(CC6(Cl)C(=O)N(c7c(F)c(F)c(F)c(F)c7F)C(=O)C6(Cl)C5c5cc(Cl)c(O)c(OC)c5)C4C3=O)cc2)c1. The van der Waals surface area contributed by atoms with Crippen molar-refractivity contribution >= 4 is 82.0 Å². The number of carbonyl (C=O) groups is 4. The molecule has 0 aromatic heterocycles. The molecule has 0 radical (unpaired) electrons. The number of allylic oxidation sites excluding steroid dienone is 2. The number of amides is 4. The molecular formula is C43H30Cl3F5N2O8. The van der Waals surface area contributed by atoms with Gasteiger partial charge in [-0.3, -0.25) is 24.1 Å². The fraction of sp³-hybridized carbons (Fsp3) is 0.256. The van der Waals surface area contributed by atoms with Crippen molar-refractivity contribution < 1.29 is 60.4 Å². The number of benzene rings is 4. The normalized spacial score (nSPS) is 25.8. The van der Waals surface area contributed by atoms with Crippen molar-refractivity contribution in [2.24, 2.45) is 17.8 Å². The fourth-order valence-corrected chi connectivity index (χ4v) is 10.2. The van der Waals surface area contributed by atoms with Gasteiger partial charge < -0.3 is 19.3 Å². The molecule has 61 heavy (non-hydrogen) atoms. The summed E-state index contributed by atoms with van der Waals surface area (Å²) in [6.45, 7) is 0. The Bertz CT molecular complexity index is 2630. The van der Waals surface area contributed by atoms with Crippen molar-refractivity contribution in [2.75, 3.05) is 31.1 Å². The molecule has 1 saturated carbocycles. The Kier molecular flexibility index (Phi) is 10.4. The highest BCUT2D eigenvalue weighted by molar-refractivity contribution is 6.58. The smallest absolute Gasteiger partial charge is 0.258 e. The third-order valence-electron chi connectivity index (χ3n) is 11.9. The van der Waals surface area contributed by atoms with Crippen molar-refractivity contribution in [1.82, 2.24) is 0 Å². The van der Waals surface area contributed by atoms with Crippen LogP contribution in [0.15, 0.2) is 66.2 Å². The zero-order valence-electron chi connectivity index (χ0n) is 31.9. The number of anilines is 2. The molecule has 2 aliphatic carbocycles. The number of halogens is 8. The van der Waals surface area contributed by atoms with E-state index in [1.165, 1.54) is 27.4 Å². The molecule has 18 heteroatoms. The van der Waals surface area contributed by atoms with Gasteiger partial charge in [0.2, 0.25) is 17.6 Å². The predicted molar refractivity (Wildman–Crippen MR) is 213 cm³/mol. The van der Waals surface area contributed by atoms with Gasteiger partial charge in [0.25, 0.3) is 11.8 Å². The van der Waals surface area contributed by atoms with Gasteiger partial charge in [-0.25, -0.2) is 26.9 Å². The number of phenols is 1. The van der Waals surface area contributed by atoms with E-state index in [0.717, 1.165) is 16.5 Å². The van der Waals surface area contributed by atoms with Crippen LogP contribution in [-0.2, 0) is 19.2 Å². The van der Waals surface area contributed by atoms with Crippen LogP contribution < -0.4 is 24.0 Å². The fourth-order valence-electron chi connectivity index (χ4n) is 9.00. The monoisotopic (exact) mass is 902 g/mol. The average Bonchev–Trinajstić information content (AvgIpc) is 3.59. The molecule has 6 atom stereocenters. The maximum atomic E-state index is 15.4. The highest BCUT2D eigenvalue weighted by Gasteiger charge is 2.77. The first kappa shape index (κ1) is 42.1. The summed E-state index contributed by atoms with van der Waals surface area (Å²) in [5.41, 5.74) is -0.141. The molecule has 4 amide bonds. The van der Waals surface area contributed by atoms with E-state index < -0.39 is 104 Å². The van der Waals surface area contributed by atoms with E-state index in [1.807, 2.05) is 0 Å². The number of imide groups is 2. The van der Waals surface area contributed by atoms with Crippen molar-refractivity contribution in [1.29, 1.82) is 0 Å². The average molecular weight is 904 g/mol. The third kappa shape index (κ3) is 6.02. The molecule has 8 rings (SSSR count). The van der Waals surface area contributed by atoms with Crippen LogP contribution in [0, 0.1) is 46.8 Å². The van der Waals surface area contributed by atoms with Gasteiger partial charge >= 0.3 is 0 Å². The molecule has 6 unspecified atom stereocenters. The minimum atomic E-state index is -2.80. The van der Waals surface area contributed by atoms with Gasteiger partial charge in [-0.2, -0.15) is 0 Å². The Labute approximate surface area is 358 Å². The second-order valence-corrected chi connectivity index (χ2v) is 16.4. The number of aromatic hydroxyl groups is 1. The highest BCUT2D eigenvalue weighted by Crippen LogP contribution is 2.66. The quantitative estimate of drug-likeness (QED) is 0.0355. The number of hydrogen-bond acceptors (Lipinski definition) is 8. The van der Waals surface area contributed by atoms with Crippen LogP contribution in [-0.4, -0.2) is 59.8 Å². The molecule has 1 N–H and O–H groups in total. The minimum absolute atomic E-state index is 0.0432. The molecule has 2 heterocycles. The summed E-state index contributed by atoms with van der Waals surface area (Å²) in [6.07, 6.45) is 4.32. The van der Waals surface area contributed by atoms with Gasteiger partial charge in [-0.1, -0.05) is 47.5 Å². The van der Waals surface area contributed by atoms with Gasteiger partial charge in [-0.15, -0.1) is 23.2 Å². The Morgan fingerprint density at radius 2 is 1.38 bits per heavy atom. The number of phenolic OH excluding ortho intramolecular Hbond substituents is 1. The van der Waals surface area contributed by atoms with Crippen LogP contribution in [0.2, 0.25) is 5.02 Å². The molecule has 0 spiro atoms. The Morgan fingerprint density at radius 3 is 2.00 bits per heavy atom. The van der Waals surface area contributed by atoms with E-state index in [4.69, 9.17) is 49.0 Å². The van der Waals surface area contributed by atoms with Crippen LogP contribution in [0.5, 0.6) is 23.0 Å². The Hall–Kier alpha value is -5.64. The van der Waals surface area contributed by atoms with E-state index in [-0.39, 0.29) is 38.9 Å². The largest absolute Gasteiger partial charge is 0.503 e. The van der Waals surface area contributed by atoms with Crippen LogP contribution in [0.1, 0.15) is 35.4 Å². The number of rotatable bonds is 8. The number of alkyl halides is 2. The maximum Gasteiger partial charge on any atom is 0.258 e. The number of ether oxygens (including phenoxy) is 3. The molecule has 2 aliphatic heterocycles. The van der Waals surface area contributed by atoms with Crippen molar-refractivity contribution in [3.05, 3.63) is 117 Å². The number of carbonyl (C=O) groups excluding carboxylic acids is 4. The van der Waals surface area contributed by atoms with Gasteiger partial charge in [0, 0.05) is 11.5 Å². The number of nitrogens with zero attached hydrogens (tertiary/aromatic N) is 2. The Balaban J connectivity index is 1.21. The summed E-state index contributed by atoms with van der Waals surface area (Å²) in [5.74, 6) is -21.7. The van der Waals surface area contributed by atoms with Gasteiger partial charge in [-0.05, 0) is 72.4 Å². The standard InChI is InChI=1S/C43H30Cl3F5N2O8/c1-59-22-10-13-27(60-2)19(14-22)7-4-18-5-8-21(9-6-18)52-38(55)24-12-11-23-25(29(24)39(52)56)17-42(45)40(57)53(36-34(50)32(48)31(47)33(49)35(36)51)41(58)43(42,46)30(23)20-15-26(44)37(54)28(16-20)61-3/h4-11,13-16,24-25,29-30,54H,12,17H2,1-3H3. The summed E-state index contributed by atoms with van der Waals surface area (Å²) >= 11 is 20.8. The minimum Gasteiger partial charge on any atom is -0.503 e. The maximum absolute atomic E-state index is 15.4. The van der Waals surface area contributed by atoms with E-state index in [0.29, 0.717) is 17.1 Å². The number of fused-ring (bicyclic) bond motifs is 4. The molecule has 4 aromatic carbocycles. The van der Waals surface area contributed by atoms with Crippen molar-refractivity contribution in [3.63, 3.8) is 0 Å². The molecule has 4 aromatic rings. The summed E-state index contributed by atoms with van der Waals surface area (Å²) in [6, 6.07) is 14.1. The van der Waals surface area contributed by atoms with Crippen LogP contribution in [0.25, 0.3) is 12.2 Å². The van der Waals surface area contributed by atoms with Gasteiger partial charge in [0.05, 0.1) is 43.9 Å². The lowest BCUT2D eigenvalue weighted by Gasteiger charge is -2.50. The summed E-state index contributed by atoms with van der Waals surface area (Å²) in [7, 11) is 4.24. The molecular weight excluding hydrogens is 874 g/mol. The van der Waals surface area contributed by atoms with Crippen molar-refractivity contribution in [2.45, 2.75) is 28.5 Å². The zero-order chi connectivity index (χ0) is 44.0. The van der Waals surface area contributed by atoms with Gasteiger partial charge in [0.1, 0.15) is 17.2 Å². The summed E-state index contributed by atoms with van der Waals surface area (Å²) < 4.78 is 90.1. The first-order valence-corrected chi connectivity index (χ1v) is 19.5. The van der Waals surface area contributed by atoms with Crippen LogP contribution in [0.3, 0.4) is 0 Å². The summed E-state index contributed by atoms with van der Waals surface area (Å²) in [4.78, 5) is 53.0. The lowest BCUT2D eigenvalue weighted by molar-refractivity contribution is -0.125. The highest BCUT2D eigenvalue weighted by atomic mass is 35.5. The molecule has 0 bridgehead atoms. The predicted octanol–water partition coefficient (Wildman–Crippen LogP) is 8.71. The number of methoxy groups -OCH3 is 3. The molecule has 316 valence electrons. The lowest BCUT2D eigenvalue weighted by atomic mass is 9.56. The molecule has 10 nitrogen and oxygen atoms in total. The first-order chi connectivity index (χ1) is 28.9. The lowest BCUT2D eigenvalue weighted by Crippen LogP contribution is -2.60. The summed E-state index contributed by atoms with van der Waals surface area (Å²) in [5, 5.41) is 10.3. The third-order valence-corrected chi connectivity index (χ3v) is 13.6. The van der Waals surface area contributed by atoms with E-state index in [9.17, 15) is 37.5 Å². The van der Waals surface area contributed by atoms with E-state index >= 15 is 8.78 Å². The molecule has 2 saturated heterocycles. The second-order valence-electron chi connectivity index (χ2n) is 14.8. The topological polar surface area (TPSA) is 123 Å². The second kappa shape index (κ2) is 15.1. The van der Waals surface area contributed by atoms with Gasteiger partial charge in [0.15, 0.2) is 44.5 Å². The van der Waals surface area contributed by atoms with Crippen LogP contribution >= 0.6 is 34.8 Å². The zero-order valence-corrected chi connectivity index (χ0v) is 34.1. The number of hydrogen-bond donors (Lipinski definition) is 1. The first-order valence-electron chi connectivity index (χ1n) is 18.4.